The van der Waals surface area contributed by atoms with Gasteiger partial charge >= 0.3 is 0 Å². The predicted octanol–water partition coefficient (Wildman–Crippen LogP) is 7.20. The number of carbonyl (C=O) groups is 2. The van der Waals surface area contributed by atoms with Crippen LogP contribution in [0.1, 0.15) is 49.1 Å². The second-order valence-electron chi connectivity index (χ2n) is 11.0. The summed E-state index contributed by atoms with van der Waals surface area (Å²) in [4.78, 5) is 28.6. The Labute approximate surface area is 240 Å². The number of methoxy groups -OCH3 is 1. The molecule has 1 fully saturated rings. The molecule has 0 bridgehead atoms. The summed E-state index contributed by atoms with van der Waals surface area (Å²) in [6.45, 7) is 6.50. The number of benzene rings is 4. The van der Waals surface area contributed by atoms with Crippen molar-refractivity contribution in [3.8, 4) is 11.5 Å². The molecule has 1 N–H and O–H groups in total. The van der Waals surface area contributed by atoms with Crippen molar-refractivity contribution < 1.29 is 24.2 Å². The molecule has 0 aromatic heterocycles. The van der Waals surface area contributed by atoms with E-state index in [1.54, 1.807) is 31.4 Å². The first-order valence-corrected chi connectivity index (χ1v) is 13.5. The summed E-state index contributed by atoms with van der Waals surface area (Å²) in [5.74, 6) is -0.429. The Balaban J connectivity index is 1.64. The van der Waals surface area contributed by atoms with Crippen molar-refractivity contribution >= 4 is 23.1 Å². The van der Waals surface area contributed by atoms with Crippen LogP contribution < -0.4 is 14.4 Å². The third-order valence-electron chi connectivity index (χ3n) is 7.18. The molecule has 0 spiro atoms. The number of ether oxygens (including phenoxy) is 2. The van der Waals surface area contributed by atoms with Crippen LogP contribution in [0.3, 0.4) is 0 Å². The van der Waals surface area contributed by atoms with Gasteiger partial charge in [-0.3, -0.25) is 14.5 Å². The van der Waals surface area contributed by atoms with Crippen LogP contribution >= 0.6 is 0 Å². The molecule has 4 aromatic carbocycles. The molecular formula is C35H33NO5. The minimum Gasteiger partial charge on any atom is -0.507 e. The number of ketones is 1. The molecule has 5 rings (SSSR count). The second-order valence-corrected chi connectivity index (χ2v) is 11.0. The van der Waals surface area contributed by atoms with Crippen LogP contribution in [-0.2, 0) is 21.6 Å². The minimum absolute atomic E-state index is 0.0177. The summed E-state index contributed by atoms with van der Waals surface area (Å²) >= 11 is 0. The zero-order chi connectivity index (χ0) is 29.1. The molecule has 0 saturated carbocycles. The fourth-order valence-electron chi connectivity index (χ4n) is 5.12. The summed E-state index contributed by atoms with van der Waals surface area (Å²) in [7, 11) is 1.60. The topological polar surface area (TPSA) is 76.1 Å². The number of aliphatic hydroxyl groups is 1. The number of para-hydroxylation sites is 1. The summed E-state index contributed by atoms with van der Waals surface area (Å²) in [6, 6.07) is 30.6. The van der Waals surface area contributed by atoms with Gasteiger partial charge in [0.1, 0.15) is 23.9 Å². The van der Waals surface area contributed by atoms with Gasteiger partial charge in [0.25, 0.3) is 11.7 Å². The average Bonchev–Trinajstić information content (AvgIpc) is 3.26. The van der Waals surface area contributed by atoms with Crippen LogP contribution in [0.15, 0.2) is 109 Å². The molecule has 1 aliphatic heterocycles. The quantitative estimate of drug-likeness (QED) is 0.150. The van der Waals surface area contributed by atoms with Crippen molar-refractivity contribution in [2.45, 2.75) is 38.8 Å². The lowest BCUT2D eigenvalue weighted by Gasteiger charge is -2.26. The highest BCUT2D eigenvalue weighted by Crippen LogP contribution is 2.43. The number of nitrogens with zero attached hydrogens (tertiary/aromatic N) is 1. The molecule has 208 valence electrons. The van der Waals surface area contributed by atoms with Gasteiger partial charge in [0.05, 0.1) is 18.7 Å². The number of hydrogen-bond donors (Lipinski definition) is 1. The van der Waals surface area contributed by atoms with E-state index in [2.05, 4.69) is 0 Å². The van der Waals surface area contributed by atoms with E-state index < -0.39 is 17.7 Å². The molecule has 41 heavy (non-hydrogen) atoms. The van der Waals surface area contributed by atoms with Crippen LogP contribution in [0.5, 0.6) is 11.5 Å². The Kier molecular flexibility index (Phi) is 7.66. The van der Waals surface area contributed by atoms with E-state index in [1.165, 1.54) is 4.90 Å². The first-order valence-electron chi connectivity index (χ1n) is 13.5. The molecule has 0 aliphatic carbocycles. The van der Waals surface area contributed by atoms with Gasteiger partial charge in [-0.2, -0.15) is 0 Å². The highest BCUT2D eigenvalue weighted by Gasteiger charge is 2.47. The fourth-order valence-corrected chi connectivity index (χ4v) is 5.12. The maximum Gasteiger partial charge on any atom is 0.300 e. The molecule has 1 amide bonds. The van der Waals surface area contributed by atoms with E-state index in [-0.39, 0.29) is 16.7 Å². The minimum atomic E-state index is -0.863. The molecule has 6 nitrogen and oxygen atoms in total. The largest absolute Gasteiger partial charge is 0.507 e. The van der Waals surface area contributed by atoms with E-state index in [9.17, 15) is 14.7 Å². The maximum absolute atomic E-state index is 13.6. The van der Waals surface area contributed by atoms with Crippen LogP contribution in [0.4, 0.5) is 5.69 Å². The van der Waals surface area contributed by atoms with Crippen LogP contribution in [0.2, 0.25) is 0 Å². The molecular weight excluding hydrogens is 514 g/mol. The number of carbonyl (C=O) groups excluding carboxylic acids is 2. The summed E-state index contributed by atoms with van der Waals surface area (Å²) in [5, 5.41) is 11.7. The molecule has 6 heteroatoms. The summed E-state index contributed by atoms with van der Waals surface area (Å²) < 4.78 is 11.6. The van der Waals surface area contributed by atoms with Gasteiger partial charge in [-0.05, 0) is 59.0 Å². The molecule has 1 aliphatic rings. The van der Waals surface area contributed by atoms with Crippen molar-refractivity contribution in [1.82, 2.24) is 0 Å². The van der Waals surface area contributed by atoms with Gasteiger partial charge < -0.3 is 14.6 Å². The summed E-state index contributed by atoms with van der Waals surface area (Å²) in [6.07, 6.45) is 0. The number of hydrogen-bond acceptors (Lipinski definition) is 5. The first-order chi connectivity index (χ1) is 19.7. The lowest BCUT2D eigenvalue weighted by Crippen LogP contribution is -2.29. The Hall–Kier alpha value is -4.84. The third kappa shape index (κ3) is 5.59. The van der Waals surface area contributed by atoms with Crippen LogP contribution in [0.25, 0.3) is 5.76 Å². The van der Waals surface area contributed by atoms with Gasteiger partial charge in [0.2, 0.25) is 0 Å². The zero-order valence-electron chi connectivity index (χ0n) is 23.6. The van der Waals surface area contributed by atoms with E-state index in [0.717, 1.165) is 11.1 Å². The van der Waals surface area contributed by atoms with Gasteiger partial charge in [0.15, 0.2) is 0 Å². The summed E-state index contributed by atoms with van der Waals surface area (Å²) in [5.41, 5.74) is 3.25. The SMILES string of the molecule is COc1ccc(/C(O)=C2\C(=O)C(=O)N(c3ccccc3)C2c2cccc(OCc3ccccc3)c2)cc1C(C)(C)C. The maximum atomic E-state index is 13.6. The Morgan fingerprint density at radius 3 is 2.20 bits per heavy atom. The third-order valence-corrected chi connectivity index (χ3v) is 7.18. The lowest BCUT2D eigenvalue weighted by molar-refractivity contribution is -0.132. The van der Waals surface area contributed by atoms with Crippen LogP contribution in [-0.4, -0.2) is 23.9 Å². The highest BCUT2D eigenvalue weighted by molar-refractivity contribution is 6.51. The van der Waals surface area contributed by atoms with E-state index >= 15 is 0 Å². The van der Waals surface area contributed by atoms with Gasteiger partial charge in [-0.15, -0.1) is 0 Å². The molecule has 4 aromatic rings. The van der Waals surface area contributed by atoms with Crippen LogP contribution in [0, 0.1) is 0 Å². The molecule has 0 radical (unpaired) electrons. The van der Waals surface area contributed by atoms with Crippen molar-refractivity contribution in [1.29, 1.82) is 0 Å². The smallest absolute Gasteiger partial charge is 0.300 e. The first kappa shape index (κ1) is 27.7. The molecule has 1 saturated heterocycles. The fraction of sp³-hybridized carbons (Fsp3) is 0.200. The van der Waals surface area contributed by atoms with Crippen molar-refractivity contribution in [2.24, 2.45) is 0 Å². The van der Waals surface area contributed by atoms with E-state index in [0.29, 0.717) is 34.9 Å². The number of anilines is 1. The Bertz CT molecular complexity index is 1600. The Morgan fingerprint density at radius 1 is 0.854 bits per heavy atom. The second kappa shape index (κ2) is 11.3. The number of aliphatic hydroxyl groups excluding tert-OH is 1. The van der Waals surface area contributed by atoms with Gasteiger partial charge in [-0.25, -0.2) is 0 Å². The molecule has 1 atom stereocenters. The van der Waals surface area contributed by atoms with Gasteiger partial charge in [0, 0.05) is 16.8 Å². The van der Waals surface area contributed by atoms with E-state index in [4.69, 9.17) is 9.47 Å². The molecule has 1 unspecified atom stereocenters. The van der Waals surface area contributed by atoms with Gasteiger partial charge in [-0.1, -0.05) is 81.4 Å². The molecule has 1 heterocycles. The number of amides is 1. The average molecular weight is 548 g/mol. The zero-order valence-corrected chi connectivity index (χ0v) is 23.6. The predicted molar refractivity (Wildman–Crippen MR) is 160 cm³/mol. The standard InChI is InChI=1S/C35H33NO5/c1-35(2,3)28-21-25(18-19-29(28)40-4)32(37)30-31(36(34(39)33(30)38)26-15-9-6-10-16-26)24-14-11-17-27(20-24)41-22-23-12-7-5-8-13-23/h5-21,31,37H,22H2,1-4H3/b32-30+. The lowest BCUT2D eigenvalue weighted by atomic mass is 9.84. The number of Topliss-reactive ketones (excluding diaryl/α,β-unsaturated/α-hetero) is 1. The van der Waals surface area contributed by atoms with Crippen molar-refractivity contribution in [3.63, 3.8) is 0 Å². The monoisotopic (exact) mass is 547 g/mol. The van der Waals surface area contributed by atoms with Crippen molar-refractivity contribution in [2.75, 3.05) is 12.0 Å². The normalized spacial score (nSPS) is 16.6. The highest BCUT2D eigenvalue weighted by atomic mass is 16.5. The Morgan fingerprint density at radius 2 is 1.54 bits per heavy atom. The van der Waals surface area contributed by atoms with Crippen molar-refractivity contribution in [3.05, 3.63) is 131 Å². The van der Waals surface area contributed by atoms with E-state index in [1.807, 2.05) is 99.6 Å². The number of rotatable bonds is 7.